The zero-order valence-corrected chi connectivity index (χ0v) is 15.2. The van der Waals surface area contributed by atoms with Crippen molar-refractivity contribution in [2.24, 2.45) is 0 Å². The van der Waals surface area contributed by atoms with Crippen LogP contribution < -0.4 is 4.74 Å². The van der Waals surface area contributed by atoms with Crippen LogP contribution in [-0.4, -0.2) is 54.0 Å². The number of carbonyl (C=O) groups excluding carboxylic acids is 1. The Morgan fingerprint density at radius 3 is 2.50 bits per heavy atom. The van der Waals surface area contributed by atoms with Gasteiger partial charge in [-0.2, -0.15) is 0 Å². The molecule has 0 atom stereocenters. The van der Waals surface area contributed by atoms with Crippen molar-refractivity contribution in [1.29, 1.82) is 0 Å². The molecule has 0 unspecified atom stereocenters. The maximum absolute atomic E-state index is 12.4. The molecule has 1 saturated heterocycles. The summed E-state index contributed by atoms with van der Waals surface area (Å²) >= 11 is 3.53. The highest BCUT2D eigenvalue weighted by atomic mass is 79.9. The van der Waals surface area contributed by atoms with Crippen LogP contribution in [0.15, 0.2) is 47.2 Å². The maximum atomic E-state index is 12.4. The molecule has 1 aromatic carbocycles. The van der Waals surface area contributed by atoms with Gasteiger partial charge in [-0.05, 0) is 45.8 Å². The number of hydrogen-bond acceptors (Lipinski definition) is 4. The van der Waals surface area contributed by atoms with E-state index in [0.29, 0.717) is 5.56 Å². The van der Waals surface area contributed by atoms with Crippen LogP contribution in [0.2, 0.25) is 0 Å². The molecular formula is C18H20BrN3O2. The van der Waals surface area contributed by atoms with E-state index in [1.807, 2.05) is 11.0 Å². The number of ether oxygens (including phenoxy) is 1. The van der Waals surface area contributed by atoms with E-state index in [9.17, 15) is 4.79 Å². The summed E-state index contributed by atoms with van der Waals surface area (Å²) in [5.41, 5.74) is 1.94. The number of hydrogen-bond donors (Lipinski definition) is 0. The molecule has 2 aromatic rings. The number of nitrogens with zero attached hydrogens (tertiary/aromatic N) is 3. The molecule has 0 aliphatic carbocycles. The summed E-state index contributed by atoms with van der Waals surface area (Å²) in [6, 6.07) is 9.68. The third kappa shape index (κ3) is 3.94. The summed E-state index contributed by atoms with van der Waals surface area (Å²) in [4.78, 5) is 20.7. The van der Waals surface area contributed by atoms with Gasteiger partial charge in [0.25, 0.3) is 5.91 Å². The van der Waals surface area contributed by atoms with Crippen LogP contribution in [0, 0.1) is 0 Å². The van der Waals surface area contributed by atoms with Crippen LogP contribution in [0.3, 0.4) is 0 Å². The number of benzene rings is 1. The van der Waals surface area contributed by atoms with Gasteiger partial charge in [-0.1, -0.05) is 6.07 Å². The standard InChI is InChI=1S/C18H20BrN3O2/c1-24-17-3-2-14(12-16(17)19)13-21-8-10-22(11-9-21)18(23)15-4-6-20-7-5-15/h2-7,12H,8-11,13H2,1H3. The van der Waals surface area contributed by atoms with Crippen molar-refractivity contribution in [2.45, 2.75) is 6.54 Å². The van der Waals surface area contributed by atoms with Crippen molar-refractivity contribution in [3.05, 3.63) is 58.3 Å². The molecule has 3 rings (SSSR count). The van der Waals surface area contributed by atoms with E-state index < -0.39 is 0 Å². The largest absolute Gasteiger partial charge is 0.496 e. The van der Waals surface area contributed by atoms with E-state index in [2.05, 4.69) is 37.9 Å². The summed E-state index contributed by atoms with van der Waals surface area (Å²) in [7, 11) is 1.67. The minimum absolute atomic E-state index is 0.0873. The van der Waals surface area contributed by atoms with Gasteiger partial charge in [0.15, 0.2) is 0 Å². The molecule has 0 spiro atoms. The quantitative estimate of drug-likeness (QED) is 0.806. The second-order valence-corrected chi connectivity index (χ2v) is 6.63. The van der Waals surface area contributed by atoms with Gasteiger partial charge >= 0.3 is 0 Å². The molecule has 2 heterocycles. The maximum Gasteiger partial charge on any atom is 0.254 e. The van der Waals surface area contributed by atoms with Gasteiger partial charge in [0.2, 0.25) is 0 Å². The van der Waals surface area contributed by atoms with Crippen molar-refractivity contribution in [1.82, 2.24) is 14.8 Å². The Labute approximate surface area is 150 Å². The van der Waals surface area contributed by atoms with Gasteiger partial charge in [0.1, 0.15) is 5.75 Å². The molecule has 24 heavy (non-hydrogen) atoms. The Bertz CT molecular complexity index is 701. The van der Waals surface area contributed by atoms with E-state index in [1.165, 1.54) is 5.56 Å². The Kier molecular flexibility index (Phi) is 5.48. The lowest BCUT2D eigenvalue weighted by atomic mass is 10.1. The first kappa shape index (κ1) is 16.9. The number of carbonyl (C=O) groups is 1. The van der Waals surface area contributed by atoms with Crippen molar-refractivity contribution < 1.29 is 9.53 Å². The molecule has 1 fully saturated rings. The highest BCUT2D eigenvalue weighted by molar-refractivity contribution is 9.10. The average Bonchev–Trinajstić information content (AvgIpc) is 2.63. The monoisotopic (exact) mass is 389 g/mol. The fraction of sp³-hybridized carbons (Fsp3) is 0.333. The number of rotatable bonds is 4. The summed E-state index contributed by atoms with van der Waals surface area (Å²) < 4.78 is 6.23. The summed E-state index contributed by atoms with van der Waals surface area (Å²) in [5.74, 6) is 0.927. The van der Waals surface area contributed by atoms with Crippen LogP contribution in [0.4, 0.5) is 0 Å². The first-order valence-electron chi connectivity index (χ1n) is 7.91. The van der Waals surface area contributed by atoms with Gasteiger partial charge in [-0.3, -0.25) is 14.7 Å². The average molecular weight is 390 g/mol. The number of amides is 1. The molecule has 1 aliphatic rings. The minimum atomic E-state index is 0.0873. The molecule has 0 N–H and O–H groups in total. The molecule has 1 aromatic heterocycles. The van der Waals surface area contributed by atoms with E-state index in [-0.39, 0.29) is 5.91 Å². The van der Waals surface area contributed by atoms with Crippen LogP contribution in [0.5, 0.6) is 5.75 Å². The highest BCUT2D eigenvalue weighted by Crippen LogP contribution is 2.26. The normalized spacial score (nSPS) is 15.3. The van der Waals surface area contributed by atoms with Crippen molar-refractivity contribution >= 4 is 21.8 Å². The van der Waals surface area contributed by atoms with Crippen LogP contribution in [0.25, 0.3) is 0 Å². The molecule has 126 valence electrons. The number of halogens is 1. The van der Waals surface area contributed by atoms with Crippen molar-refractivity contribution in [3.8, 4) is 5.75 Å². The van der Waals surface area contributed by atoms with E-state index in [4.69, 9.17) is 4.74 Å². The SMILES string of the molecule is COc1ccc(CN2CCN(C(=O)c3ccncc3)CC2)cc1Br. The van der Waals surface area contributed by atoms with Gasteiger partial charge in [-0.25, -0.2) is 0 Å². The third-order valence-electron chi connectivity index (χ3n) is 4.21. The zero-order valence-electron chi connectivity index (χ0n) is 13.6. The predicted molar refractivity (Wildman–Crippen MR) is 96.1 cm³/mol. The molecule has 5 nitrogen and oxygen atoms in total. The zero-order chi connectivity index (χ0) is 16.9. The van der Waals surface area contributed by atoms with Gasteiger partial charge in [0, 0.05) is 50.7 Å². The number of piperazine rings is 1. The molecule has 0 radical (unpaired) electrons. The molecule has 6 heteroatoms. The van der Waals surface area contributed by atoms with Crippen molar-refractivity contribution in [3.63, 3.8) is 0 Å². The van der Waals surface area contributed by atoms with E-state index >= 15 is 0 Å². The molecule has 0 saturated carbocycles. The van der Waals surface area contributed by atoms with Crippen LogP contribution >= 0.6 is 15.9 Å². The van der Waals surface area contributed by atoms with Gasteiger partial charge < -0.3 is 9.64 Å². The summed E-state index contributed by atoms with van der Waals surface area (Å²) in [6.45, 7) is 4.12. The number of aromatic nitrogens is 1. The van der Waals surface area contributed by atoms with Gasteiger partial charge in [0.05, 0.1) is 11.6 Å². The van der Waals surface area contributed by atoms with Gasteiger partial charge in [-0.15, -0.1) is 0 Å². The van der Waals surface area contributed by atoms with Crippen LogP contribution in [0.1, 0.15) is 15.9 Å². The fourth-order valence-electron chi connectivity index (χ4n) is 2.85. The lowest BCUT2D eigenvalue weighted by Gasteiger charge is -2.34. The molecule has 0 bridgehead atoms. The summed E-state index contributed by atoms with van der Waals surface area (Å²) in [6.07, 6.45) is 3.32. The third-order valence-corrected chi connectivity index (χ3v) is 4.83. The molecular weight excluding hydrogens is 370 g/mol. The second-order valence-electron chi connectivity index (χ2n) is 5.77. The smallest absolute Gasteiger partial charge is 0.254 e. The number of pyridine rings is 1. The number of methoxy groups -OCH3 is 1. The van der Waals surface area contributed by atoms with Crippen molar-refractivity contribution in [2.75, 3.05) is 33.3 Å². The minimum Gasteiger partial charge on any atom is -0.496 e. The first-order chi connectivity index (χ1) is 11.7. The lowest BCUT2D eigenvalue weighted by molar-refractivity contribution is 0.0628. The Hall–Kier alpha value is -1.92. The highest BCUT2D eigenvalue weighted by Gasteiger charge is 2.22. The molecule has 1 amide bonds. The Morgan fingerprint density at radius 2 is 1.88 bits per heavy atom. The predicted octanol–water partition coefficient (Wildman–Crippen LogP) is 2.81. The van der Waals surface area contributed by atoms with Crippen LogP contribution in [-0.2, 0) is 6.54 Å². The van der Waals surface area contributed by atoms with E-state index in [1.54, 1.807) is 31.6 Å². The second kappa shape index (κ2) is 7.77. The Balaban J connectivity index is 1.55. The molecule has 1 aliphatic heterocycles. The van der Waals surface area contributed by atoms with E-state index in [0.717, 1.165) is 42.9 Å². The topological polar surface area (TPSA) is 45.7 Å². The summed E-state index contributed by atoms with van der Waals surface area (Å²) in [5, 5.41) is 0. The fourth-order valence-corrected chi connectivity index (χ4v) is 3.44. The lowest BCUT2D eigenvalue weighted by Crippen LogP contribution is -2.48. The first-order valence-corrected chi connectivity index (χ1v) is 8.71. The Morgan fingerprint density at radius 1 is 1.17 bits per heavy atom.